The standard InChI is InChI=1S/C11H15NO4S/c1-12(9-11(13)14)17(15,16)8-7-10-5-3-2-4-6-10/h2-6H,7-9H2,1H3,(H,13,14). The van der Waals surface area contributed by atoms with Crippen LogP contribution >= 0.6 is 0 Å². The Morgan fingerprint density at radius 1 is 1.29 bits per heavy atom. The molecule has 0 fully saturated rings. The minimum absolute atomic E-state index is 0.0825. The van der Waals surface area contributed by atoms with Crippen molar-refractivity contribution in [1.82, 2.24) is 4.31 Å². The molecule has 0 amide bonds. The van der Waals surface area contributed by atoms with Gasteiger partial charge in [-0.05, 0) is 12.0 Å². The summed E-state index contributed by atoms with van der Waals surface area (Å²) < 4.78 is 24.3. The maximum absolute atomic E-state index is 11.7. The van der Waals surface area contributed by atoms with E-state index in [1.807, 2.05) is 30.3 Å². The van der Waals surface area contributed by atoms with Gasteiger partial charge in [0, 0.05) is 7.05 Å². The third-order valence-corrected chi connectivity index (χ3v) is 4.12. The lowest BCUT2D eigenvalue weighted by Crippen LogP contribution is -2.34. The van der Waals surface area contributed by atoms with Gasteiger partial charge in [0.1, 0.15) is 6.54 Å². The van der Waals surface area contributed by atoms with E-state index in [0.717, 1.165) is 9.87 Å². The second kappa shape index (κ2) is 5.79. The van der Waals surface area contributed by atoms with E-state index < -0.39 is 22.5 Å². The van der Waals surface area contributed by atoms with Crippen molar-refractivity contribution in [2.45, 2.75) is 6.42 Å². The smallest absolute Gasteiger partial charge is 0.318 e. The number of aliphatic carboxylic acids is 1. The fourth-order valence-corrected chi connectivity index (χ4v) is 2.45. The van der Waals surface area contributed by atoms with Gasteiger partial charge in [-0.2, -0.15) is 4.31 Å². The Morgan fingerprint density at radius 2 is 1.88 bits per heavy atom. The van der Waals surface area contributed by atoms with Crippen LogP contribution in [0.2, 0.25) is 0 Å². The van der Waals surface area contributed by atoms with Gasteiger partial charge >= 0.3 is 5.97 Å². The molecule has 5 nitrogen and oxygen atoms in total. The molecular weight excluding hydrogens is 242 g/mol. The number of carboxylic acids is 1. The van der Waals surface area contributed by atoms with Crippen LogP contribution in [0.15, 0.2) is 30.3 Å². The van der Waals surface area contributed by atoms with Crippen molar-refractivity contribution in [3.05, 3.63) is 35.9 Å². The molecule has 17 heavy (non-hydrogen) atoms. The molecule has 0 aromatic heterocycles. The number of hydrogen-bond acceptors (Lipinski definition) is 3. The molecule has 0 radical (unpaired) electrons. The van der Waals surface area contributed by atoms with Gasteiger partial charge in [0.2, 0.25) is 10.0 Å². The molecule has 0 spiro atoms. The lowest BCUT2D eigenvalue weighted by molar-refractivity contribution is -0.137. The topological polar surface area (TPSA) is 74.7 Å². The van der Waals surface area contributed by atoms with E-state index in [2.05, 4.69) is 0 Å². The summed E-state index contributed by atoms with van der Waals surface area (Å²) in [6, 6.07) is 9.21. The predicted octanol–water partition coefficient (Wildman–Crippen LogP) is 0.575. The molecule has 1 aromatic carbocycles. The Labute approximate surface area is 101 Å². The number of nitrogens with zero attached hydrogens (tertiary/aromatic N) is 1. The molecule has 0 atom stereocenters. The Balaban J connectivity index is 2.59. The highest BCUT2D eigenvalue weighted by Crippen LogP contribution is 2.05. The summed E-state index contributed by atoms with van der Waals surface area (Å²) in [4.78, 5) is 10.4. The van der Waals surface area contributed by atoms with E-state index in [4.69, 9.17) is 5.11 Å². The first-order valence-electron chi connectivity index (χ1n) is 5.11. The number of sulfonamides is 1. The van der Waals surface area contributed by atoms with E-state index in [-0.39, 0.29) is 5.75 Å². The highest BCUT2D eigenvalue weighted by atomic mass is 32.2. The molecule has 0 saturated carbocycles. The normalized spacial score (nSPS) is 11.6. The molecule has 1 aromatic rings. The van der Waals surface area contributed by atoms with Gasteiger partial charge in [-0.15, -0.1) is 0 Å². The van der Waals surface area contributed by atoms with Crippen LogP contribution in [0.3, 0.4) is 0 Å². The molecule has 0 saturated heterocycles. The molecule has 0 aliphatic rings. The Morgan fingerprint density at radius 3 is 2.41 bits per heavy atom. The van der Waals surface area contributed by atoms with Crippen molar-refractivity contribution in [2.75, 3.05) is 19.3 Å². The minimum Gasteiger partial charge on any atom is -0.480 e. The number of rotatable bonds is 6. The predicted molar refractivity (Wildman–Crippen MR) is 64.2 cm³/mol. The number of likely N-dealkylation sites (N-methyl/N-ethyl adjacent to an activating group) is 1. The van der Waals surface area contributed by atoms with Gasteiger partial charge in [0.15, 0.2) is 0 Å². The lowest BCUT2D eigenvalue weighted by atomic mass is 10.2. The largest absolute Gasteiger partial charge is 0.480 e. The molecule has 0 unspecified atom stereocenters. The molecule has 6 heteroatoms. The SMILES string of the molecule is CN(CC(=O)O)S(=O)(=O)CCc1ccccc1. The maximum Gasteiger partial charge on any atom is 0.318 e. The van der Waals surface area contributed by atoms with Crippen molar-refractivity contribution < 1.29 is 18.3 Å². The second-order valence-electron chi connectivity index (χ2n) is 3.70. The van der Waals surface area contributed by atoms with Gasteiger partial charge in [-0.3, -0.25) is 4.79 Å². The Hall–Kier alpha value is -1.40. The summed E-state index contributed by atoms with van der Waals surface area (Å²) in [6.07, 6.45) is 0.382. The van der Waals surface area contributed by atoms with Crippen molar-refractivity contribution in [3.63, 3.8) is 0 Å². The van der Waals surface area contributed by atoms with Gasteiger partial charge in [-0.25, -0.2) is 8.42 Å². The minimum atomic E-state index is -3.50. The summed E-state index contributed by atoms with van der Waals surface area (Å²) in [7, 11) is -2.23. The molecule has 0 aliphatic heterocycles. The van der Waals surface area contributed by atoms with Crippen molar-refractivity contribution in [3.8, 4) is 0 Å². The number of hydrogen-bond donors (Lipinski definition) is 1. The first kappa shape index (κ1) is 13.7. The summed E-state index contributed by atoms with van der Waals surface area (Å²) in [5, 5.41) is 8.53. The van der Waals surface area contributed by atoms with Crippen molar-refractivity contribution in [2.24, 2.45) is 0 Å². The Bertz CT molecular complexity index is 470. The maximum atomic E-state index is 11.7. The molecule has 0 aliphatic carbocycles. The number of benzene rings is 1. The summed E-state index contributed by atoms with van der Waals surface area (Å²) >= 11 is 0. The summed E-state index contributed by atoms with van der Waals surface area (Å²) in [5.41, 5.74) is 0.916. The van der Waals surface area contributed by atoms with Crippen LogP contribution in [0.25, 0.3) is 0 Å². The van der Waals surface area contributed by atoms with Crippen LogP contribution in [0.4, 0.5) is 0 Å². The van der Waals surface area contributed by atoms with E-state index in [0.29, 0.717) is 6.42 Å². The fraction of sp³-hybridized carbons (Fsp3) is 0.364. The van der Waals surface area contributed by atoms with Crippen LogP contribution in [-0.2, 0) is 21.2 Å². The van der Waals surface area contributed by atoms with Gasteiger partial charge in [0.05, 0.1) is 5.75 Å². The fourth-order valence-electron chi connectivity index (χ4n) is 1.34. The first-order valence-corrected chi connectivity index (χ1v) is 6.72. The highest BCUT2D eigenvalue weighted by molar-refractivity contribution is 7.89. The molecule has 94 valence electrons. The van der Waals surface area contributed by atoms with Crippen molar-refractivity contribution in [1.29, 1.82) is 0 Å². The molecule has 0 heterocycles. The molecule has 0 bridgehead atoms. The van der Waals surface area contributed by atoms with Gasteiger partial charge < -0.3 is 5.11 Å². The van der Waals surface area contributed by atoms with E-state index in [9.17, 15) is 13.2 Å². The van der Waals surface area contributed by atoms with Crippen LogP contribution in [-0.4, -0.2) is 43.1 Å². The monoisotopic (exact) mass is 257 g/mol. The number of aryl methyl sites for hydroxylation is 1. The summed E-state index contributed by atoms with van der Waals surface area (Å²) in [5.74, 6) is -1.24. The zero-order chi connectivity index (χ0) is 12.9. The second-order valence-corrected chi connectivity index (χ2v) is 5.90. The highest BCUT2D eigenvalue weighted by Gasteiger charge is 2.19. The number of carboxylic acid groups (broad SMARTS) is 1. The lowest BCUT2D eigenvalue weighted by Gasteiger charge is -2.14. The molecule has 1 rings (SSSR count). The van der Waals surface area contributed by atoms with Crippen LogP contribution in [0.5, 0.6) is 0 Å². The zero-order valence-electron chi connectivity index (χ0n) is 9.54. The van der Waals surface area contributed by atoms with E-state index in [1.54, 1.807) is 0 Å². The average molecular weight is 257 g/mol. The van der Waals surface area contributed by atoms with E-state index >= 15 is 0 Å². The van der Waals surface area contributed by atoms with Crippen molar-refractivity contribution >= 4 is 16.0 Å². The van der Waals surface area contributed by atoms with Gasteiger partial charge in [0.25, 0.3) is 0 Å². The third kappa shape index (κ3) is 4.54. The first-order chi connectivity index (χ1) is 7.92. The van der Waals surface area contributed by atoms with Crippen LogP contribution in [0.1, 0.15) is 5.56 Å². The van der Waals surface area contributed by atoms with Crippen LogP contribution in [0, 0.1) is 0 Å². The van der Waals surface area contributed by atoms with Gasteiger partial charge in [-0.1, -0.05) is 30.3 Å². The average Bonchev–Trinajstić information content (AvgIpc) is 2.27. The quantitative estimate of drug-likeness (QED) is 0.808. The van der Waals surface area contributed by atoms with E-state index in [1.165, 1.54) is 7.05 Å². The molecular formula is C11H15NO4S. The number of carbonyl (C=O) groups is 1. The third-order valence-electron chi connectivity index (χ3n) is 2.32. The van der Waals surface area contributed by atoms with Crippen LogP contribution < -0.4 is 0 Å². The summed E-state index contributed by atoms with van der Waals surface area (Å²) in [6.45, 7) is -0.503. The zero-order valence-corrected chi connectivity index (χ0v) is 10.4. The molecule has 1 N–H and O–H groups in total. The Kier molecular flexibility index (Phi) is 4.65.